The molecule has 1 aliphatic rings. The fourth-order valence-corrected chi connectivity index (χ4v) is 2.84. The van der Waals surface area contributed by atoms with Crippen LogP contribution in [0.5, 0.6) is 0 Å². The van der Waals surface area contributed by atoms with E-state index < -0.39 is 6.10 Å². The van der Waals surface area contributed by atoms with E-state index in [0.29, 0.717) is 13.0 Å². The molecular weight excluding hydrogens is 326 g/mol. The van der Waals surface area contributed by atoms with Crippen LogP contribution in [0.15, 0.2) is 31.2 Å². The molecular formula is C14H15N9O2. The lowest BCUT2D eigenvalue weighted by Gasteiger charge is -2.14. The number of aliphatic hydroxyl groups excluding tert-OH is 1. The van der Waals surface area contributed by atoms with Crippen molar-refractivity contribution in [2.75, 3.05) is 13.1 Å². The van der Waals surface area contributed by atoms with Crippen molar-refractivity contribution >= 4 is 5.91 Å². The van der Waals surface area contributed by atoms with E-state index in [-0.39, 0.29) is 30.1 Å². The molecule has 0 saturated carbocycles. The van der Waals surface area contributed by atoms with E-state index in [2.05, 4.69) is 35.3 Å². The topological polar surface area (TPSA) is 139 Å². The van der Waals surface area contributed by atoms with E-state index in [4.69, 9.17) is 0 Å². The van der Waals surface area contributed by atoms with Gasteiger partial charge in [0.1, 0.15) is 12.7 Å². The standard InChI is InChI=1S/C14H15N9O2/c24-11-6-22(5-9(11)3-10-4-15-1-2-16-10)13(25)12-19-14(21-20-12)23-7-17-18-8-23/h1-2,4,7-9,11,24H,3,5-6H2,(H,19,20,21)/t9-,11-/m1/s1. The third kappa shape index (κ3) is 3.08. The van der Waals surface area contributed by atoms with Crippen LogP contribution in [0.3, 0.4) is 0 Å². The summed E-state index contributed by atoms with van der Waals surface area (Å²) in [5.74, 6) is -0.0198. The first-order chi connectivity index (χ1) is 12.2. The Bertz CT molecular complexity index is 848. The molecule has 0 bridgehead atoms. The van der Waals surface area contributed by atoms with Crippen molar-refractivity contribution in [3.63, 3.8) is 0 Å². The Morgan fingerprint density at radius 1 is 1.28 bits per heavy atom. The average Bonchev–Trinajstić information content (AvgIpc) is 3.36. The first-order valence-electron chi connectivity index (χ1n) is 7.70. The van der Waals surface area contributed by atoms with Crippen LogP contribution < -0.4 is 0 Å². The van der Waals surface area contributed by atoms with Crippen molar-refractivity contribution in [1.82, 2.24) is 44.8 Å². The second-order valence-electron chi connectivity index (χ2n) is 5.79. The number of nitrogens with zero attached hydrogens (tertiary/aromatic N) is 8. The van der Waals surface area contributed by atoms with Crippen molar-refractivity contribution < 1.29 is 9.90 Å². The fourth-order valence-electron chi connectivity index (χ4n) is 2.84. The lowest BCUT2D eigenvalue weighted by molar-refractivity contribution is 0.0753. The number of hydrogen-bond acceptors (Lipinski definition) is 8. The summed E-state index contributed by atoms with van der Waals surface area (Å²) in [6.07, 6.45) is 7.69. The summed E-state index contributed by atoms with van der Waals surface area (Å²) in [6.45, 7) is 0.658. The molecule has 0 aliphatic carbocycles. The van der Waals surface area contributed by atoms with Crippen LogP contribution in [0.4, 0.5) is 0 Å². The van der Waals surface area contributed by atoms with Crippen LogP contribution in [0.2, 0.25) is 0 Å². The number of aromatic amines is 1. The smallest absolute Gasteiger partial charge is 0.291 e. The number of nitrogens with one attached hydrogen (secondary N) is 1. The molecule has 0 unspecified atom stereocenters. The summed E-state index contributed by atoms with van der Waals surface area (Å²) in [4.78, 5) is 26.5. The minimum atomic E-state index is -0.619. The van der Waals surface area contributed by atoms with Crippen molar-refractivity contribution in [2.45, 2.75) is 12.5 Å². The molecule has 11 nitrogen and oxygen atoms in total. The van der Waals surface area contributed by atoms with E-state index in [9.17, 15) is 9.90 Å². The summed E-state index contributed by atoms with van der Waals surface area (Å²) in [7, 11) is 0. The summed E-state index contributed by atoms with van der Waals surface area (Å²) in [5, 5.41) is 24.2. The van der Waals surface area contributed by atoms with Crippen molar-refractivity contribution in [3.05, 3.63) is 42.8 Å². The molecule has 1 aliphatic heterocycles. The van der Waals surface area contributed by atoms with E-state index in [1.165, 1.54) is 17.2 Å². The number of carbonyl (C=O) groups excluding carboxylic acids is 1. The monoisotopic (exact) mass is 341 g/mol. The number of amides is 1. The predicted molar refractivity (Wildman–Crippen MR) is 82.4 cm³/mol. The van der Waals surface area contributed by atoms with Crippen LogP contribution in [-0.4, -0.2) is 75.0 Å². The van der Waals surface area contributed by atoms with Gasteiger partial charge in [0, 0.05) is 37.6 Å². The van der Waals surface area contributed by atoms with E-state index in [0.717, 1.165) is 5.69 Å². The maximum atomic E-state index is 12.6. The van der Waals surface area contributed by atoms with Gasteiger partial charge in [-0.05, 0) is 6.42 Å². The summed E-state index contributed by atoms with van der Waals surface area (Å²) in [5.41, 5.74) is 0.787. The van der Waals surface area contributed by atoms with Gasteiger partial charge in [0.2, 0.25) is 5.82 Å². The number of aliphatic hydroxyl groups is 1. The van der Waals surface area contributed by atoms with Crippen molar-refractivity contribution in [1.29, 1.82) is 0 Å². The zero-order valence-corrected chi connectivity index (χ0v) is 13.1. The summed E-state index contributed by atoms with van der Waals surface area (Å²) in [6, 6.07) is 0. The highest BCUT2D eigenvalue weighted by molar-refractivity contribution is 5.90. The Kier molecular flexibility index (Phi) is 3.90. The number of carbonyl (C=O) groups is 1. The number of H-pyrrole nitrogens is 1. The first kappa shape index (κ1) is 15.3. The molecule has 4 rings (SSSR count). The highest BCUT2D eigenvalue weighted by Crippen LogP contribution is 2.21. The van der Waals surface area contributed by atoms with Gasteiger partial charge < -0.3 is 10.0 Å². The minimum Gasteiger partial charge on any atom is -0.391 e. The van der Waals surface area contributed by atoms with Crippen molar-refractivity contribution in [3.8, 4) is 5.95 Å². The van der Waals surface area contributed by atoms with Crippen LogP contribution in [-0.2, 0) is 6.42 Å². The fraction of sp³-hybridized carbons (Fsp3) is 0.357. The Balaban J connectivity index is 1.45. The van der Waals surface area contributed by atoms with Gasteiger partial charge in [0.05, 0.1) is 11.8 Å². The van der Waals surface area contributed by atoms with Gasteiger partial charge in [-0.3, -0.25) is 24.4 Å². The quantitative estimate of drug-likeness (QED) is 0.606. The van der Waals surface area contributed by atoms with Gasteiger partial charge in [-0.2, -0.15) is 4.98 Å². The van der Waals surface area contributed by atoms with Gasteiger partial charge in [0.15, 0.2) is 0 Å². The lowest BCUT2D eigenvalue weighted by atomic mass is 10.0. The number of likely N-dealkylation sites (tertiary alicyclic amines) is 1. The molecule has 1 amide bonds. The predicted octanol–water partition coefficient (Wildman–Crippen LogP) is -1.15. The maximum absolute atomic E-state index is 12.6. The second kappa shape index (κ2) is 6.36. The molecule has 1 fully saturated rings. The van der Waals surface area contributed by atoms with Crippen LogP contribution in [0.25, 0.3) is 5.95 Å². The molecule has 11 heteroatoms. The maximum Gasteiger partial charge on any atom is 0.291 e. The highest BCUT2D eigenvalue weighted by atomic mass is 16.3. The SMILES string of the molecule is O=C(c1nc(-n2cnnc2)n[nH]1)N1C[C@@H](Cc2cnccn2)[C@H](O)C1. The highest BCUT2D eigenvalue weighted by Gasteiger charge is 2.35. The normalized spacial score (nSPS) is 20.1. The Morgan fingerprint density at radius 3 is 2.88 bits per heavy atom. The first-order valence-corrected chi connectivity index (χ1v) is 7.70. The summed E-state index contributed by atoms with van der Waals surface area (Å²) < 4.78 is 1.49. The molecule has 3 aromatic heterocycles. The van der Waals surface area contributed by atoms with Gasteiger partial charge >= 0.3 is 0 Å². The Morgan fingerprint density at radius 2 is 2.12 bits per heavy atom. The minimum absolute atomic E-state index is 0.0964. The Labute approximate surface area is 141 Å². The molecule has 2 atom stereocenters. The molecule has 25 heavy (non-hydrogen) atoms. The molecule has 0 radical (unpaired) electrons. The molecule has 2 N–H and O–H groups in total. The number of aromatic nitrogens is 8. The number of β-amino-alcohol motifs (C(OH)–C–C–N with tert-alkyl or cyclic N) is 1. The van der Waals surface area contributed by atoms with Crippen molar-refractivity contribution in [2.24, 2.45) is 5.92 Å². The number of rotatable bonds is 4. The van der Waals surface area contributed by atoms with Gasteiger partial charge in [-0.1, -0.05) is 0 Å². The van der Waals surface area contributed by atoms with Crippen LogP contribution in [0.1, 0.15) is 16.3 Å². The third-order valence-electron chi connectivity index (χ3n) is 4.11. The zero-order valence-electron chi connectivity index (χ0n) is 13.1. The molecule has 0 aromatic carbocycles. The molecule has 4 heterocycles. The van der Waals surface area contributed by atoms with E-state index in [1.54, 1.807) is 23.5 Å². The average molecular weight is 341 g/mol. The second-order valence-corrected chi connectivity index (χ2v) is 5.79. The van der Waals surface area contributed by atoms with E-state index in [1.807, 2.05) is 0 Å². The summed E-state index contributed by atoms with van der Waals surface area (Å²) >= 11 is 0. The van der Waals surface area contributed by atoms with Crippen LogP contribution >= 0.6 is 0 Å². The molecule has 0 spiro atoms. The zero-order chi connectivity index (χ0) is 17.2. The largest absolute Gasteiger partial charge is 0.391 e. The van der Waals surface area contributed by atoms with E-state index >= 15 is 0 Å². The van der Waals surface area contributed by atoms with Gasteiger partial charge in [-0.25, -0.2) is 0 Å². The van der Waals surface area contributed by atoms with Gasteiger partial charge in [0.25, 0.3) is 11.9 Å². The van der Waals surface area contributed by atoms with Gasteiger partial charge in [-0.15, -0.1) is 15.3 Å². The van der Waals surface area contributed by atoms with Crippen LogP contribution in [0, 0.1) is 5.92 Å². The molecule has 3 aromatic rings. The third-order valence-corrected chi connectivity index (χ3v) is 4.11. The molecule has 1 saturated heterocycles. The molecule has 128 valence electrons. The number of hydrogen-bond donors (Lipinski definition) is 2. The lowest BCUT2D eigenvalue weighted by Crippen LogP contribution is -2.30. The Hall–Kier alpha value is -3.21.